The van der Waals surface area contributed by atoms with Crippen LogP contribution in [0.25, 0.3) is 0 Å². The van der Waals surface area contributed by atoms with Crippen molar-refractivity contribution in [2.75, 3.05) is 13.2 Å². The van der Waals surface area contributed by atoms with Crippen molar-refractivity contribution in [3.63, 3.8) is 0 Å². The number of amides is 1. The minimum absolute atomic E-state index is 0.0169. The van der Waals surface area contributed by atoms with Gasteiger partial charge in [0.2, 0.25) is 0 Å². The Morgan fingerprint density at radius 3 is 2.38 bits per heavy atom. The third-order valence-electron chi connectivity index (χ3n) is 2.88. The van der Waals surface area contributed by atoms with E-state index in [-0.39, 0.29) is 25.0 Å². The number of nitrogens with one attached hydrogen (secondary N) is 1. The maximum absolute atomic E-state index is 11.8. The third kappa shape index (κ3) is 5.65. The highest BCUT2D eigenvalue weighted by Crippen LogP contribution is 2.22. The van der Waals surface area contributed by atoms with E-state index in [9.17, 15) is 9.59 Å². The molecule has 0 fully saturated rings. The number of nitriles is 1. The fourth-order valence-electron chi connectivity index (χ4n) is 1.63. The van der Waals surface area contributed by atoms with Crippen LogP contribution in [-0.2, 0) is 14.9 Å². The van der Waals surface area contributed by atoms with Gasteiger partial charge in [-0.15, -0.1) is 0 Å². The lowest BCUT2D eigenvalue weighted by Gasteiger charge is -2.18. The molecule has 0 heterocycles. The van der Waals surface area contributed by atoms with E-state index in [2.05, 4.69) is 26.1 Å². The molecule has 1 aromatic carbocycles. The van der Waals surface area contributed by atoms with Crippen LogP contribution in [0.15, 0.2) is 24.3 Å². The second kappa shape index (κ2) is 7.44. The van der Waals surface area contributed by atoms with Crippen molar-refractivity contribution in [2.24, 2.45) is 0 Å². The molecule has 1 aromatic rings. The van der Waals surface area contributed by atoms with E-state index in [1.165, 1.54) is 0 Å². The van der Waals surface area contributed by atoms with E-state index in [0.717, 1.165) is 5.56 Å². The zero-order valence-corrected chi connectivity index (χ0v) is 12.6. The second-order valence-corrected chi connectivity index (χ2v) is 5.66. The van der Waals surface area contributed by atoms with Gasteiger partial charge in [0.05, 0.1) is 18.1 Å². The van der Waals surface area contributed by atoms with Crippen molar-refractivity contribution in [1.82, 2.24) is 5.32 Å². The Morgan fingerprint density at radius 2 is 1.86 bits per heavy atom. The smallest absolute Gasteiger partial charge is 0.338 e. The summed E-state index contributed by atoms with van der Waals surface area (Å²) in [7, 11) is 0. The van der Waals surface area contributed by atoms with Crippen molar-refractivity contribution in [3.05, 3.63) is 35.4 Å². The molecule has 1 amide bonds. The van der Waals surface area contributed by atoms with Crippen molar-refractivity contribution >= 4 is 11.9 Å². The molecule has 0 unspecified atom stereocenters. The van der Waals surface area contributed by atoms with Crippen LogP contribution in [0.3, 0.4) is 0 Å². The van der Waals surface area contributed by atoms with Gasteiger partial charge in [0.25, 0.3) is 5.91 Å². The fraction of sp³-hybridized carbons (Fsp3) is 0.438. The molecule has 0 radical (unpaired) electrons. The molecular weight excluding hydrogens is 268 g/mol. The summed E-state index contributed by atoms with van der Waals surface area (Å²) in [6, 6.07) is 9.05. The summed E-state index contributed by atoms with van der Waals surface area (Å²) in [4.78, 5) is 23.1. The van der Waals surface area contributed by atoms with E-state index in [0.29, 0.717) is 5.56 Å². The molecule has 5 nitrogen and oxygen atoms in total. The average Bonchev–Trinajstić information content (AvgIpc) is 2.44. The average molecular weight is 288 g/mol. The third-order valence-corrected chi connectivity index (χ3v) is 2.88. The fourth-order valence-corrected chi connectivity index (χ4v) is 1.63. The molecule has 5 heteroatoms. The van der Waals surface area contributed by atoms with Gasteiger partial charge in [0.1, 0.15) is 0 Å². The number of carbonyl (C=O) groups is 2. The van der Waals surface area contributed by atoms with Gasteiger partial charge >= 0.3 is 5.97 Å². The first-order valence-electron chi connectivity index (χ1n) is 6.76. The monoisotopic (exact) mass is 288 g/mol. The minimum Gasteiger partial charge on any atom is -0.452 e. The lowest BCUT2D eigenvalue weighted by atomic mass is 9.87. The van der Waals surface area contributed by atoms with E-state index in [1.807, 2.05) is 18.2 Å². The predicted octanol–water partition coefficient (Wildman–Crippen LogP) is 2.17. The first-order valence-corrected chi connectivity index (χ1v) is 6.76. The van der Waals surface area contributed by atoms with Gasteiger partial charge in [-0.2, -0.15) is 5.26 Å². The van der Waals surface area contributed by atoms with Crippen molar-refractivity contribution in [1.29, 1.82) is 5.26 Å². The Hall–Kier alpha value is -2.35. The Kier molecular flexibility index (Phi) is 5.92. The Bertz CT molecular complexity index is 536. The highest BCUT2D eigenvalue weighted by atomic mass is 16.5. The summed E-state index contributed by atoms with van der Waals surface area (Å²) >= 11 is 0. The standard InChI is InChI=1S/C16H20N2O3/c1-16(2,3)13-7-5-12(6-8-13)15(20)21-11-14(19)18-10-4-9-17/h5-8H,4,10-11H2,1-3H3,(H,18,19). The number of benzene rings is 1. The molecule has 0 aliphatic heterocycles. The van der Waals surface area contributed by atoms with Gasteiger partial charge in [-0.05, 0) is 23.1 Å². The van der Waals surface area contributed by atoms with Crippen molar-refractivity contribution < 1.29 is 14.3 Å². The first kappa shape index (κ1) is 16.7. The van der Waals surface area contributed by atoms with Gasteiger partial charge < -0.3 is 10.1 Å². The Balaban J connectivity index is 2.49. The SMILES string of the molecule is CC(C)(C)c1ccc(C(=O)OCC(=O)NCCC#N)cc1. The topological polar surface area (TPSA) is 79.2 Å². The molecule has 0 saturated carbocycles. The molecule has 0 spiro atoms. The maximum atomic E-state index is 11.8. The van der Waals surface area contributed by atoms with E-state index in [1.54, 1.807) is 12.1 Å². The van der Waals surface area contributed by atoms with Gasteiger partial charge in [-0.25, -0.2) is 4.79 Å². The number of ether oxygens (including phenoxy) is 1. The highest BCUT2D eigenvalue weighted by Gasteiger charge is 2.15. The zero-order valence-electron chi connectivity index (χ0n) is 12.6. The number of nitrogens with zero attached hydrogens (tertiary/aromatic N) is 1. The van der Waals surface area contributed by atoms with Crippen LogP contribution in [0.5, 0.6) is 0 Å². The van der Waals surface area contributed by atoms with Crippen LogP contribution in [0.2, 0.25) is 0 Å². The van der Waals surface area contributed by atoms with Crippen LogP contribution >= 0.6 is 0 Å². The zero-order chi connectivity index (χ0) is 15.9. The molecule has 0 atom stereocenters. The summed E-state index contributed by atoms with van der Waals surface area (Å²) in [6.07, 6.45) is 0.230. The largest absolute Gasteiger partial charge is 0.452 e. The molecule has 0 aromatic heterocycles. The second-order valence-electron chi connectivity index (χ2n) is 5.66. The molecule has 21 heavy (non-hydrogen) atoms. The lowest BCUT2D eigenvalue weighted by Crippen LogP contribution is -2.29. The Labute approximate surface area is 124 Å². The number of hydrogen-bond donors (Lipinski definition) is 1. The van der Waals surface area contributed by atoms with E-state index < -0.39 is 11.9 Å². The van der Waals surface area contributed by atoms with Crippen LogP contribution < -0.4 is 5.32 Å². The number of esters is 1. The number of hydrogen-bond acceptors (Lipinski definition) is 4. The number of rotatable bonds is 5. The van der Waals surface area contributed by atoms with E-state index in [4.69, 9.17) is 10.00 Å². The summed E-state index contributed by atoms with van der Waals surface area (Å²) in [6.45, 7) is 6.18. The lowest BCUT2D eigenvalue weighted by molar-refractivity contribution is -0.124. The quantitative estimate of drug-likeness (QED) is 0.665. The van der Waals surface area contributed by atoms with Crippen molar-refractivity contribution in [3.8, 4) is 6.07 Å². The van der Waals surface area contributed by atoms with Gasteiger partial charge in [-0.1, -0.05) is 32.9 Å². The van der Waals surface area contributed by atoms with Crippen LogP contribution in [0.4, 0.5) is 0 Å². The summed E-state index contributed by atoms with van der Waals surface area (Å²) < 4.78 is 4.91. The van der Waals surface area contributed by atoms with Gasteiger partial charge in [0, 0.05) is 6.54 Å². The van der Waals surface area contributed by atoms with Crippen LogP contribution in [0.1, 0.15) is 43.1 Å². The molecule has 0 aliphatic carbocycles. The molecule has 1 rings (SSSR count). The minimum atomic E-state index is -0.536. The number of carbonyl (C=O) groups excluding carboxylic acids is 2. The summed E-state index contributed by atoms with van der Waals surface area (Å²) in [5.41, 5.74) is 1.55. The Morgan fingerprint density at radius 1 is 1.24 bits per heavy atom. The summed E-state index contributed by atoms with van der Waals surface area (Å²) in [5, 5.41) is 10.8. The summed E-state index contributed by atoms with van der Waals surface area (Å²) in [5.74, 6) is -0.948. The molecule has 0 aliphatic rings. The molecule has 0 saturated heterocycles. The molecule has 1 N–H and O–H groups in total. The first-order chi connectivity index (χ1) is 9.84. The normalized spacial score (nSPS) is 10.6. The predicted molar refractivity (Wildman–Crippen MR) is 78.7 cm³/mol. The van der Waals surface area contributed by atoms with Crippen LogP contribution in [-0.4, -0.2) is 25.0 Å². The molecule has 112 valence electrons. The van der Waals surface area contributed by atoms with Crippen LogP contribution in [0, 0.1) is 11.3 Å². The van der Waals surface area contributed by atoms with Gasteiger partial charge in [0.15, 0.2) is 6.61 Å². The van der Waals surface area contributed by atoms with E-state index >= 15 is 0 Å². The highest BCUT2D eigenvalue weighted by molar-refractivity contribution is 5.91. The van der Waals surface area contributed by atoms with Gasteiger partial charge in [-0.3, -0.25) is 4.79 Å². The van der Waals surface area contributed by atoms with Crippen molar-refractivity contribution in [2.45, 2.75) is 32.6 Å². The molecule has 0 bridgehead atoms. The molecular formula is C16H20N2O3. The maximum Gasteiger partial charge on any atom is 0.338 e.